The van der Waals surface area contributed by atoms with Gasteiger partial charge >= 0.3 is 0 Å². The highest BCUT2D eigenvalue weighted by atomic mass is 16.5. The standard InChI is InChI=1S/C13H17N5O3/c1-4-9(6-19)16-10(21-3)5-18-8-15-12-11(13(18)20)17(2)7-14-12/h6-9H,4-5H2,1-3H3/b16-10-/t9-/m1/s1. The summed E-state index contributed by atoms with van der Waals surface area (Å²) < 4.78 is 8.14. The number of rotatable bonds is 5. The first-order valence-corrected chi connectivity index (χ1v) is 6.53. The van der Waals surface area contributed by atoms with E-state index in [2.05, 4.69) is 15.0 Å². The second kappa shape index (κ2) is 6.29. The average Bonchev–Trinajstić information content (AvgIpc) is 2.88. The summed E-state index contributed by atoms with van der Waals surface area (Å²) in [6.45, 7) is 1.97. The highest BCUT2D eigenvalue weighted by Crippen LogP contribution is 2.03. The van der Waals surface area contributed by atoms with Crippen molar-refractivity contribution in [3.63, 3.8) is 0 Å². The largest absolute Gasteiger partial charge is 0.483 e. The average molecular weight is 291 g/mol. The number of aryl methyl sites for hydroxylation is 1. The fourth-order valence-electron chi connectivity index (χ4n) is 1.89. The van der Waals surface area contributed by atoms with Gasteiger partial charge in [-0.05, 0) is 6.42 Å². The summed E-state index contributed by atoms with van der Waals surface area (Å²) in [5, 5.41) is 0. The van der Waals surface area contributed by atoms with Gasteiger partial charge in [-0.2, -0.15) is 0 Å². The monoisotopic (exact) mass is 291 g/mol. The van der Waals surface area contributed by atoms with Crippen LogP contribution >= 0.6 is 0 Å². The van der Waals surface area contributed by atoms with E-state index in [0.29, 0.717) is 23.5 Å². The highest BCUT2D eigenvalue weighted by Gasteiger charge is 2.12. The number of carbonyl (C=O) groups is 1. The molecule has 0 saturated heterocycles. The second-order valence-electron chi connectivity index (χ2n) is 4.54. The van der Waals surface area contributed by atoms with Crippen LogP contribution in [-0.2, 0) is 23.1 Å². The highest BCUT2D eigenvalue weighted by molar-refractivity contribution is 5.78. The van der Waals surface area contributed by atoms with Crippen LogP contribution in [0.3, 0.4) is 0 Å². The number of imidazole rings is 1. The molecule has 0 bridgehead atoms. The maximum absolute atomic E-state index is 12.4. The van der Waals surface area contributed by atoms with Gasteiger partial charge in [-0.15, -0.1) is 0 Å². The Hall–Kier alpha value is -2.51. The molecule has 0 aliphatic rings. The van der Waals surface area contributed by atoms with Crippen LogP contribution in [0.5, 0.6) is 0 Å². The van der Waals surface area contributed by atoms with Crippen molar-refractivity contribution < 1.29 is 9.53 Å². The number of ether oxygens (including phenoxy) is 1. The van der Waals surface area contributed by atoms with Crippen LogP contribution in [0.25, 0.3) is 11.2 Å². The van der Waals surface area contributed by atoms with Gasteiger partial charge in [0.1, 0.15) is 25.2 Å². The molecule has 0 fully saturated rings. The minimum absolute atomic E-state index is 0.119. The molecule has 0 aliphatic heterocycles. The van der Waals surface area contributed by atoms with Crippen LogP contribution in [-0.4, -0.2) is 44.4 Å². The van der Waals surface area contributed by atoms with Gasteiger partial charge in [-0.1, -0.05) is 6.92 Å². The third kappa shape index (κ3) is 2.99. The maximum atomic E-state index is 12.4. The first-order valence-electron chi connectivity index (χ1n) is 6.53. The smallest absolute Gasteiger partial charge is 0.280 e. The molecule has 0 radical (unpaired) electrons. The molecule has 0 unspecified atom stereocenters. The summed E-state index contributed by atoms with van der Waals surface area (Å²) in [4.78, 5) is 35.5. The molecule has 0 saturated carbocycles. The number of hydrogen-bond acceptors (Lipinski definition) is 6. The molecule has 2 aromatic rings. The van der Waals surface area contributed by atoms with Gasteiger partial charge in [-0.3, -0.25) is 9.36 Å². The third-order valence-corrected chi connectivity index (χ3v) is 3.13. The predicted octanol–water partition coefficient (Wildman–Crippen LogP) is 0.152. The Morgan fingerprint density at radius 1 is 1.48 bits per heavy atom. The maximum Gasteiger partial charge on any atom is 0.280 e. The van der Waals surface area contributed by atoms with Crippen molar-refractivity contribution in [3.05, 3.63) is 23.0 Å². The van der Waals surface area contributed by atoms with Crippen LogP contribution in [0.15, 0.2) is 22.4 Å². The Morgan fingerprint density at radius 3 is 2.81 bits per heavy atom. The zero-order valence-corrected chi connectivity index (χ0v) is 12.2. The van der Waals surface area contributed by atoms with Gasteiger partial charge in [0.2, 0.25) is 5.90 Å². The molecule has 2 heterocycles. The topological polar surface area (TPSA) is 91.4 Å². The van der Waals surface area contributed by atoms with Gasteiger partial charge in [0.25, 0.3) is 5.56 Å². The van der Waals surface area contributed by atoms with Crippen molar-refractivity contribution in [1.82, 2.24) is 19.1 Å². The number of hydrogen-bond donors (Lipinski definition) is 0. The molecule has 0 aromatic carbocycles. The molecule has 0 spiro atoms. The molecule has 0 aliphatic carbocycles. The summed E-state index contributed by atoms with van der Waals surface area (Å²) in [7, 11) is 3.19. The van der Waals surface area contributed by atoms with Crippen molar-refractivity contribution in [1.29, 1.82) is 0 Å². The van der Waals surface area contributed by atoms with E-state index in [4.69, 9.17) is 4.74 Å². The van der Waals surface area contributed by atoms with Gasteiger partial charge in [0, 0.05) is 7.05 Å². The minimum Gasteiger partial charge on any atom is -0.483 e. The van der Waals surface area contributed by atoms with Crippen LogP contribution in [0.4, 0.5) is 0 Å². The lowest BCUT2D eigenvalue weighted by molar-refractivity contribution is -0.108. The van der Waals surface area contributed by atoms with E-state index in [0.717, 1.165) is 6.29 Å². The fourth-order valence-corrected chi connectivity index (χ4v) is 1.89. The molecule has 21 heavy (non-hydrogen) atoms. The Labute approximate surface area is 121 Å². The number of carbonyl (C=O) groups excluding carboxylic acids is 1. The van der Waals surface area contributed by atoms with Crippen molar-refractivity contribution in [3.8, 4) is 0 Å². The molecule has 2 aromatic heterocycles. The van der Waals surface area contributed by atoms with Crippen LogP contribution in [0.1, 0.15) is 13.3 Å². The Kier molecular flexibility index (Phi) is 4.46. The number of methoxy groups -OCH3 is 1. The fraction of sp³-hybridized carbons (Fsp3) is 0.462. The molecule has 2 rings (SSSR count). The van der Waals surface area contributed by atoms with Gasteiger partial charge in [0.15, 0.2) is 11.2 Å². The van der Waals surface area contributed by atoms with E-state index in [1.807, 2.05) is 6.92 Å². The molecular weight excluding hydrogens is 274 g/mol. The van der Waals surface area contributed by atoms with Crippen LogP contribution in [0, 0.1) is 0 Å². The zero-order chi connectivity index (χ0) is 15.4. The van der Waals surface area contributed by atoms with E-state index in [-0.39, 0.29) is 12.1 Å². The molecule has 8 heteroatoms. The van der Waals surface area contributed by atoms with Gasteiger partial charge in [-0.25, -0.2) is 15.0 Å². The first-order chi connectivity index (χ1) is 10.1. The number of nitrogens with zero attached hydrogens (tertiary/aromatic N) is 5. The molecule has 1 atom stereocenters. The van der Waals surface area contributed by atoms with Gasteiger partial charge in [0.05, 0.1) is 13.4 Å². The lowest BCUT2D eigenvalue weighted by Gasteiger charge is -2.09. The second-order valence-corrected chi connectivity index (χ2v) is 4.54. The van der Waals surface area contributed by atoms with Crippen molar-refractivity contribution >= 4 is 23.3 Å². The van der Waals surface area contributed by atoms with Gasteiger partial charge < -0.3 is 14.1 Å². The Balaban J connectivity index is 2.38. The molecule has 0 N–H and O–H groups in total. The Bertz CT molecular complexity index is 731. The summed E-state index contributed by atoms with van der Waals surface area (Å²) in [5.41, 5.74) is 0.577. The molecule has 112 valence electrons. The number of aliphatic imine (C=N–C) groups is 1. The number of aldehydes is 1. The molecule has 8 nitrogen and oxygen atoms in total. The normalized spacial score (nSPS) is 13.4. The quantitative estimate of drug-likeness (QED) is 0.444. The number of aromatic nitrogens is 4. The zero-order valence-electron chi connectivity index (χ0n) is 12.2. The lowest BCUT2D eigenvalue weighted by atomic mass is 10.3. The van der Waals surface area contributed by atoms with E-state index >= 15 is 0 Å². The van der Waals surface area contributed by atoms with E-state index < -0.39 is 6.04 Å². The number of fused-ring (bicyclic) bond motifs is 1. The summed E-state index contributed by atoms with van der Waals surface area (Å²) >= 11 is 0. The summed E-state index contributed by atoms with van der Waals surface area (Å²) in [6.07, 6.45) is 4.26. The summed E-state index contributed by atoms with van der Waals surface area (Å²) in [5.74, 6) is 0.305. The Morgan fingerprint density at radius 2 is 2.19 bits per heavy atom. The minimum atomic E-state index is -0.468. The SMILES string of the molecule is CC[C@H](C=O)/N=C(/Cn1cnc2ncn(C)c2c1=O)OC. The van der Waals surface area contributed by atoms with E-state index in [1.54, 1.807) is 11.6 Å². The predicted molar refractivity (Wildman–Crippen MR) is 77.4 cm³/mol. The van der Waals surface area contributed by atoms with E-state index in [9.17, 15) is 9.59 Å². The van der Waals surface area contributed by atoms with E-state index in [1.165, 1.54) is 24.3 Å². The van der Waals surface area contributed by atoms with Crippen molar-refractivity contribution in [2.45, 2.75) is 25.9 Å². The lowest BCUT2D eigenvalue weighted by Crippen LogP contribution is -2.27. The summed E-state index contributed by atoms with van der Waals surface area (Å²) in [6, 6.07) is -0.468. The van der Waals surface area contributed by atoms with Crippen LogP contribution in [0.2, 0.25) is 0 Å². The molecule has 0 amide bonds. The van der Waals surface area contributed by atoms with Crippen molar-refractivity contribution in [2.75, 3.05) is 7.11 Å². The first kappa shape index (κ1) is 14.9. The molecular formula is C13H17N5O3. The third-order valence-electron chi connectivity index (χ3n) is 3.13. The van der Waals surface area contributed by atoms with Crippen molar-refractivity contribution in [2.24, 2.45) is 12.0 Å². The van der Waals surface area contributed by atoms with Crippen LogP contribution < -0.4 is 5.56 Å².